The molecule has 0 atom stereocenters. The fourth-order valence-corrected chi connectivity index (χ4v) is 2.78. The van der Waals surface area contributed by atoms with Crippen LogP contribution in [0.3, 0.4) is 0 Å². The average Bonchev–Trinajstić information content (AvgIpc) is 2.86. The third-order valence-corrected chi connectivity index (χ3v) is 4.23. The van der Waals surface area contributed by atoms with Gasteiger partial charge >= 0.3 is 5.97 Å². The van der Waals surface area contributed by atoms with Crippen LogP contribution in [0.5, 0.6) is 5.75 Å². The van der Waals surface area contributed by atoms with Crippen molar-refractivity contribution in [1.29, 1.82) is 0 Å². The quantitative estimate of drug-likeness (QED) is 0.670. The molecular formula is C18H14ClNO5. The summed E-state index contributed by atoms with van der Waals surface area (Å²) in [5.41, 5.74) is 1.82. The Hall–Kier alpha value is -2.86. The highest BCUT2D eigenvalue weighted by molar-refractivity contribution is 6.30. The molecule has 3 rings (SSSR count). The summed E-state index contributed by atoms with van der Waals surface area (Å²) in [4.78, 5) is 37.4. The van der Waals surface area contributed by atoms with Crippen molar-refractivity contribution in [1.82, 2.24) is 0 Å². The number of benzene rings is 2. The molecule has 0 radical (unpaired) electrons. The molecule has 25 heavy (non-hydrogen) atoms. The van der Waals surface area contributed by atoms with Crippen LogP contribution in [0.1, 0.15) is 26.3 Å². The number of hydrogen-bond acceptors (Lipinski definition) is 5. The Bertz CT molecular complexity index is 893. The molecule has 0 aromatic heterocycles. The zero-order valence-electron chi connectivity index (χ0n) is 13.3. The predicted octanol–water partition coefficient (Wildman–Crippen LogP) is 2.60. The molecule has 0 spiro atoms. The molecule has 1 aliphatic rings. The number of likely N-dealkylation sites (N-methyl/N-ethyl adjacent to an activating group) is 1. The lowest BCUT2D eigenvalue weighted by molar-refractivity contribution is -0.117. The molecule has 6 nitrogen and oxygen atoms in total. The van der Waals surface area contributed by atoms with Crippen LogP contribution in [0.25, 0.3) is 0 Å². The largest absolute Gasteiger partial charge is 0.507 e. The first-order valence-corrected chi connectivity index (χ1v) is 7.83. The maximum Gasteiger partial charge on any atom is 0.342 e. The second-order valence-electron chi connectivity index (χ2n) is 5.63. The molecule has 0 saturated carbocycles. The van der Waals surface area contributed by atoms with E-state index in [1.54, 1.807) is 25.2 Å². The highest BCUT2D eigenvalue weighted by Crippen LogP contribution is 2.28. The number of halogens is 1. The van der Waals surface area contributed by atoms with E-state index in [9.17, 15) is 19.5 Å². The Kier molecular flexibility index (Phi) is 4.46. The van der Waals surface area contributed by atoms with Crippen molar-refractivity contribution in [2.45, 2.75) is 6.42 Å². The lowest BCUT2D eigenvalue weighted by atomic mass is 10.1. The number of ketones is 1. The molecular weight excluding hydrogens is 346 g/mol. The maximum atomic E-state index is 12.2. The lowest BCUT2D eigenvalue weighted by Gasteiger charge is -2.10. The van der Waals surface area contributed by atoms with Gasteiger partial charge in [0.2, 0.25) is 5.91 Å². The zero-order valence-corrected chi connectivity index (χ0v) is 14.0. The molecule has 1 aliphatic heterocycles. The first kappa shape index (κ1) is 17.0. The van der Waals surface area contributed by atoms with Gasteiger partial charge < -0.3 is 14.7 Å². The summed E-state index contributed by atoms with van der Waals surface area (Å²) in [7, 11) is 1.68. The van der Waals surface area contributed by atoms with Crippen molar-refractivity contribution in [3.63, 3.8) is 0 Å². The molecule has 2 aromatic carbocycles. The van der Waals surface area contributed by atoms with E-state index in [-0.39, 0.29) is 28.7 Å². The van der Waals surface area contributed by atoms with E-state index in [1.807, 2.05) is 0 Å². The average molecular weight is 360 g/mol. The summed E-state index contributed by atoms with van der Waals surface area (Å²) in [6.07, 6.45) is 0.241. The normalized spacial score (nSPS) is 12.9. The van der Waals surface area contributed by atoms with E-state index < -0.39 is 18.4 Å². The Morgan fingerprint density at radius 3 is 2.72 bits per heavy atom. The molecule has 0 bridgehead atoms. The van der Waals surface area contributed by atoms with Crippen molar-refractivity contribution in [2.75, 3.05) is 18.6 Å². The van der Waals surface area contributed by atoms with Gasteiger partial charge in [-0.3, -0.25) is 9.59 Å². The molecule has 0 aliphatic carbocycles. The van der Waals surface area contributed by atoms with E-state index >= 15 is 0 Å². The summed E-state index contributed by atoms with van der Waals surface area (Å²) in [6.45, 7) is -0.469. The lowest BCUT2D eigenvalue weighted by Crippen LogP contribution is -2.20. The van der Waals surface area contributed by atoms with Crippen LogP contribution in [-0.4, -0.2) is 36.4 Å². The highest BCUT2D eigenvalue weighted by atomic mass is 35.5. The molecule has 2 aromatic rings. The van der Waals surface area contributed by atoms with Gasteiger partial charge in [0.05, 0.1) is 6.42 Å². The van der Waals surface area contributed by atoms with Crippen molar-refractivity contribution in [3.8, 4) is 5.75 Å². The van der Waals surface area contributed by atoms with Crippen LogP contribution < -0.4 is 4.90 Å². The number of phenols is 1. The predicted molar refractivity (Wildman–Crippen MR) is 91.3 cm³/mol. The molecule has 1 amide bonds. The first-order valence-electron chi connectivity index (χ1n) is 7.45. The van der Waals surface area contributed by atoms with Gasteiger partial charge in [-0.2, -0.15) is 0 Å². The number of rotatable bonds is 4. The van der Waals surface area contributed by atoms with E-state index in [2.05, 4.69) is 0 Å². The Morgan fingerprint density at radius 1 is 1.24 bits per heavy atom. The highest BCUT2D eigenvalue weighted by Gasteiger charge is 2.25. The molecule has 1 heterocycles. The second kappa shape index (κ2) is 6.57. The molecule has 0 unspecified atom stereocenters. The van der Waals surface area contributed by atoms with Gasteiger partial charge in [-0.05, 0) is 42.0 Å². The number of carbonyl (C=O) groups is 3. The number of carbonyl (C=O) groups excluding carboxylic acids is 3. The molecule has 128 valence electrons. The van der Waals surface area contributed by atoms with E-state index in [0.717, 1.165) is 11.3 Å². The summed E-state index contributed by atoms with van der Waals surface area (Å²) in [5.74, 6) is -1.57. The van der Waals surface area contributed by atoms with Gasteiger partial charge in [0.1, 0.15) is 11.3 Å². The van der Waals surface area contributed by atoms with Crippen molar-refractivity contribution < 1.29 is 24.2 Å². The van der Waals surface area contributed by atoms with E-state index in [0.29, 0.717) is 5.56 Å². The summed E-state index contributed by atoms with van der Waals surface area (Å²) in [5, 5.41) is 9.97. The van der Waals surface area contributed by atoms with Crippen molar-refractivity contribution in [3.05, 3.63) is 58.1 Å². The number of hydrogen-bond donors (Lipinski definition) is 1. The number of Topliss-reactive ketones (excluding diaryl/α,β-unsaturated/α-hetero) is 1. The number of esters is 1. The van der Waals surface area contributed by atoms with Gasteiger partial charge in [0, 0.05) is 23.3 Å². The number of anilines is 1. The monoisotopic (exact) mass is 359 g/mol. The minimum atomic E-state index is -0.821. The molecule has 7 heteroatoms. The topological polar surface area (TPSA) is 83.9 Å². The van der Waals surface area contributed by atoms with Crippen LogP contribution in [0.2, 0.25) is 5.02 Å². The van der Waals surface area contributed by atoms with Crippen molar-refractivity contribution in [2.24, 2.45) is 0 Å². The van der Waals surface area contributed by atoms with Gasteiger partial charge in [-0.1, -0.05) is 11.6 Å². The van der Waals surface area contributed by atoms with Gasteiger partial charge in [-0.25, -0.2) is 4.79 Å². The number of fused-ring (bicyclic) bond motifs is 1. The number of ether oxygens (including phenoxy) is 1. The van der Waals surface area contributed by atoms with Gasteiger partial charge in [0.15, 0.2) is 12.4 Å². The minimum Gasteiger partial charge on any atom is -0.507 e. The third-order valence-electron chi connectivity index (χ3n) is 3.99. The zero-order chi connectivity index (χ0) is 18.1. The summed E-state index contributed by atoms with van der Waals surface area (Å²) in [6, 6.07) is 8.89. The number of phenolic OH excluding ortho intramolecular Hbond substituents is 1. The maximum absolute atomic E-state index is 12.2. The number of nitrogens with zero attached hydrogens (tertiary/aromatic N) is 1. The smallest absolute Gasteiger partial charge is 0.342 e. The van der Waals surface area contributed by atoms with Crippen molar-refractivity contribution >= 4 is 34.9 Å². The Labute approximate surface area is 148 Å². The summed E-state index contributed by atoms with van der Waals surface area (Å²) >= 11 is 5.70. The SMILES string of the molecule is CN1C(=O)Cc2cc(C(=O)COC(=O)c3ccc(Cl)cc3O)ccc21. The minimum absolute atomic E-state index is 0.0377. The summed E-state index contributed by atoms with van der Waals surface area (Å²) < 4.78 is 4.96. The number of aromatic hydroxyl groups is 1. The van der Waals surface area contributed by atoms with E-state index in [4.69, 9.17) is 16.3 Å². The first-order chi connectivity index (χ1) is 11.9. The molecule has 1 N–H and O–H groups in total. The second-order valence-corrected chi connectivity index (χ2v) is 6.07. The van der Waals surface area contributed by atoms with Crippen LogP contribution in [-0.2, 0) is 16.0 Å². The number of amides is 1. The molecule has 0 saturated heterocycles. The van der Waals surface area contributed by atoms with Crippen LogP contribution in [0.15, 0.2) is 36.4 Å². The standard InChI is InChI=1S/C18H14ClNO5/c1-20-14-5-2-10(6-11(14)7-17(20)23)16(22)9-25-18(24)13-4-3-12(19)8-15(13)21/h2-6,8,21H,7,9H2,1H3. The van der Waals surface area contributed by atoms with Gasteiger partial charge in [0.25, 0.3) is 0 Å². The Balaban J connectivity index is 1.68. The van der Waals surface area contributed by atoms with Crippen LogP contribution in [0, 0.1) is 0 Å². The fraction of sp³-hybridized carbons (Fsp3) is 0.167. The van der Waals surface area contributed by atoms with Gasteiger partial charge in [-0.15, -0.1) is 0 Å². The van der Waals surface area contributed by atoms with Crippen LogP contribution >= 0.6 is 11.6 Å². The third kappa shape index (κ3) is 3.34. The van der Waals surface area contributed by atoms with E-state index in [1.165, 1.54) is 23.1 Å². The fourth-order valence-electron chi connectivity index (χ4n) is 2.61. The Morgan fingerprint density at radius 2 is 2.00 bits per heavy atom. The molecule has 0 fully saturated rings. The van der Waals surface area contributed by atoms with Crippen LogP contribution in [0.4, 0.5) is 5.69 Å².